The molecule has 0 amide bonds. The third-order valence-electron chi connectivity index (χ3n) is 2.94. The smallest absolute Gasteiger partial charge is 0.433 e. The molecule has 0 saturated carbocycles. The summed E-state index contributed by atoms with van der Waals surface area (Å²) in [5.74, 6) is -0.984. The molecule has 1 heterocycles. The average Bonchev–Trinajstić information content (AvgIpc) is 2.35. The summed E-state index contributed by atoms with van der Waals surface area (Å²) in [6.45, 7) is 3.84. The molecule has 1 rings (SSSR count). The molecule has 0 aliphatic carbocycles. The zero-order valence-electron chi connectivity index (χ0n) is 11.2. The number of carboxylic acids is 1. The molecule has 1 aromatic heterocycles. The van der Waals surface area contributed by atoms with E-state index in [0.29, 0.717) is 12.0 Å². The van der Waals surface area contributed by atoms with Gasteiger partial charge in [0.15, 0.2) is 0 Å². The maximum atomic E-state index is 12.7. The number of rotatable bonds is 5. The van der Waals surface area contributed by atoms with E-state index in [1.54, 1.807) is 0 Å². The summed E-state index contributed by atoms with van der Waals surface area (Å²) < 4.78 is 38.0. The molecular weight excluding hydrogens is 271 g/mol. The summed E-state index contributed by atoms with van der Waals surface area (Å²) in [6, 6.07) is 2.12. The second-order valence-corrected chi connectivity index (χ2v) is 4.62. The van der Waals surface area contributed by atoms with Crippen molar-refractivity contribution < 1.29 is 23.1 Å². The van der Waals surface area contributed by atoms with Crippen molar-refractivity contribution in [2.24, 2.45) is 5.92 Å². The number of hydrogen-bond donors (Lipinski definition) is 1. The Hall–Kier alpha value is -1.85. The summed E-state index contributed by atoms with van der Waals surface area (Å²) in [5, 5.41) is 8.59. The van der Waals surface area contributed by atoms with Crippen LogP contribution in [0.2, 0.25) is 0 Å². The number of halogens is 3. The second-order valence-electron chi connectivity index (χ2n) is 4.62. The van der Waals surface area contributed by atoms with E-state index < -0.39 is 17.8 Å². The quantitative estimate of drug-likeness (QED) is 0.838. The van der Waals surface area contributed by atoms with Gasteiger partial charge in [-0.1, -0.05) is 26.3 Å². The van der Waals surface area contributed by atoms with Crippen LogP contribution in [0.25, 0.3) is 6.08 Å². The van der Waals surface area contributed by atoms with Gasteiger partial charge >= 0.3 is 12.1 Å². The molecule has 1 aromatic rings. The fourth-order valence-corrected chi connectivity index (χ4v) is 1.62. The first kappa shape index (κ1) is 16.2. The molecule has 0 spiro atoms. The van der Waals surface area contributed by atoms with Crippen LogP contribution < -0.4 is 0 Å². The molecule has 0 aliphatic rings. The number of aromatic nitrogens is 1. The topological polar surface area (TPSA) is 50.2 Å². The van der Waals surface area contributed by atoms with E-state index in [2.05, 4.69) is 4.98 Å². The van der Waals surface area contributed by atoms with Crippen molar-refractivity contribution in [3.05, 3.63) is 35.2 Å². The van der Waals surface area contributed by atoms with E-state index in [0.717, 1.165) is 18.6 Å². The van der Waals surface area contributed by atoms with Crippen LogP contribution in [0.5, 0.6) is 0 Å². The molecule has 0 fully saturated rings. The maximum Gasteiger partial charge on any atom is 0.433 e. The van der Waals surface area contributed by atoms with Crippen LogP contribution in [-0.4, -0.2) is 16.1 Å². The van der Waals surface area contributed by atoms with E-state index in [4.69, 9.17) is 5.11 Å². The fourth-order valence-electron chi connectivity index (χ4n) is 1.62. The summed E-state index contributed by atoms with van der Waals surface area (Å²) in [6.07, 6.45) is -1.16. The van der Waals surface area contributed by atoms with Gasteiger partial charge in [-0.15, -0.1) is 0 Å². The van der Waals surface area contributed by atoms with Crippen molar-refractivity contribution in [3.63, 3.8) is 0 Å². The van der Waals surface area contributed by atoms with Gasteiger partial charge in [-0.25, -0.2) is 9.78 Å². The highest BCUT2D eigenvalue weighted by Gasteiger charge is 2.32. The van der Waals surface area contributed by atoms with Crippen LogP contribution in [0.3, 0.4) is 0 Å². The standard InChI is InChI=1S/C14H16F3NO2/c1-3-9(2)8-11-10(5-7-13(19)20)4-6-12(18-11)14(15,16)17/h4-7,9H,3,8H2,1-2H3,(H,19,20)/b7-5+. The number of nitrogens with zero attached hydrogens (tertiary/aromatic N) is 1. The SMILES string of the molecule is CCC(C)Cc1nc(C(F)(F)F)ccc1/C=C/C(=O)O. The lowest BCUT2D eigenvalue weighted by molar-refractivity contribution is -0.141. The van der Waals surface area contributed by atoms with E-state index >= 15 is 0 Å². The highest BCUT2D eigenvalue weighted by Crippen LogP contribution is 2.29. The van der Waals surface area contributed by atoms with Crippen LogP contribution in [0.15, 0.2) is 18.2 Å². The minimum atomic E-state index is -4.50. The van der Waals surface area contributed by atoms with Gasteiger partial charge in [0.05, 0.1) is 0 Å². The number of aliphatic carboxylic acids is 1. The van der Waals surface area contributed by atoms with Crippen molar-refractivity contribution >= 4 is 12.0 Å². The number of hydrogen-bond acceptors (Lipinski definition) is 2. The van der Waals surface area contributed by atoms with Crippen LogP contribution >= 0.6 is 0 Å². The van der Waals surface area contributed by atoms with Crippen molar-refractivity contribution in [2.45, 2.75) is 32.9 Å². The summed E-state index contributed by atoms with van der Waals surface area (Å²) in [5.41, 5.74) is -0.282. The molecule has 1 atom stereocenters. The molecule has 0 bridgehead atoms. The number of carboxylic acid groups (broad SMARTS) is 1. The maximum absolute atomic E-state index is 12.7. The van der Waals surface area contributed by atoms with Crippen LogP contribution in [0, 0.1) is 5.92 Å². The molecule has 0 saturated heterocycles. The predicted octanol–water partition coefficient (Wildman–Crippen LogP) is 3.79. The van der Waals surface area contributed by atoms with E-state index in [1.165, 1.54) is 12.1 Å². The van der Waals surface area contributed by atoms with E-state index in [9.17, 15) is 18.0 Å². The molecule has 0 aromatic carbocycles. The molecule has 110 valence electrons. The lowest BCUT2D eigenvalue weighted by Crippen LogP contribution is -2.12. The molecule has 3 nitrogen and oxygen atoms in total. The number of alkyl halides is 3. The number of pyridine rings is 1. The molecule has 0 radical (unpaired) electrons. The monoisotopic (exact) mass is 287 g/mol. The van der Waals surface area contributed by atoms with Gasteiger partial charge in [0.1, 0.15) is 5.69 Å². The Morgan fingerprint density at radius 2 is 2.10 bits per heavy atom. The lowest BCUT2D eigenvalue weighted by Gasteiger charge is -2.13. The average molecular weight is 287 g/mol. The molecule has 6 heteroatoms. The zero-order chi connectivity index (χ0) is 15.3. The largest absolute Gasteiger partial charge is 0.478 e. The summed E-state index contributed by atoms with van der Waals surface area (Å²) in [4.78, 5) is 14.1. The number of carbonyl (C=O) groups is 1. The minimum Gasteiger partial charge on any atom is -0.478 e. The third kappa shape index (κ3) is 4.68. The summed E-state index contributed by atoms with van der Waals surface area (Å²) >= 11 is 0. The highest BCUT2D eigenvalue weighted by atomic mass is 19.4. The van der Waals surface area contributed by atoms with Gasteiger partial charge in [0.2, 0.25) is 0 Å². The van der Waals surface area contributed by atoms with Gasteiger partial charge in [-0.05, 0) is 30.0 Å². The zero-order valence-corrected chi connectivity index (χ0v) is 11.2. The molecule has 20 heavy (non-hydrogen) atoms. The van der Waals surface area contributed by atoms with Crippen LogP contribution in [0.1, 0.15) is 37.2 Å². The van der Waals surface area contributed by atoms with Crippen molar-refractivity contribution in [1.29, 1.82) is 0 Å². The predicted molar refractivity (Wildman–Crippen MR) is 69.1 cm³/mol. The van der Waals surface area contributed by atoms with Crippen molar-refractivity contribution in [3.8, 4) is 0 Å². The second kappa shape index (κ2) is 6.54. The van der Waals surface area contributed by atoms with Gasteiger partial charge in [-0.2, -0.15) is 13.2 Å². The Morgan fingerprint density at radius 1 is 1.45 bits per heavy atom. The van der Waals surface area contributed by atoms with Crippen LogP contribution in [0.4, 0.5) is 13.2 Å². The first-order valence-electron chi connectivity index (χ1n) is 6.22. The summed E-state index contributed by atoms with van der Waals surface area (Å²) in [7, 11) is 0. The Bertz CT molecular complexity index is 510. The van der Waals surface area contributed by atoms with Crippen molar-refractivity contribution in [1.82, 2.24) is 4.98 Å². The first-order valence-corrected chi connectivity index (χ1v) is 6.22. The Labute approximate surface area is 115 Å². The Kier molecular flexibility index (Phi) is 5.30. The lowest BCUT2D eigenvalue weighted by atomic mass is 9.99. The normalized spacial score (nSPS) is 13.7. The first-order chi connectivity index (χ1) is 9.24. The highest BCUT2D eigenvalue weighted by molar-refractivity contribution is 5.85. The van der Waals surface area contributed by atoms with Gasteiger partial charge in [0, 0.05) is 11.8 Å². The molecular formula is C14H16F3NO2. The van der Waals surface area contributed by atoms with Gasteiger partial charge in [-0.3, -0.25) is 0 Å². The van der Waals surface area contributed by atoms with Gasteiger partial charge in [0.25, 0.3) is 0 Å². The van der Waals surface area contributed by atoms with Crippen molar-refractivity contribution in [2.75, 3.05) is 0 Å². The minimum absolute atomic E-state index is 0.169. The van der Waals surface area contributed by atoms with Crippen LogP contribution in [-0.2, 0) is 17.4 Å². The van der Waals surface area contributed by atoms with E-state index in [1.807, 2.05) is 13.8 Å². The molecule has 0 aliphatic heterocycles. The molecule has 1 unspecified atom stereocenters. The van der Waals surface area contributed by atoms with Gasteiger partial charge < -0.3 is 5.11 Å². The third-order valence-corrected chi connectivity index (χ3v) is 2.94. The molecule has 1 N–H and O–H groups in total. The Balaban J connectivity index is 3.19. The van der Waals surface area contributed by atoms with E-state index in [-0.39, 0.29) is 11.6 Å². The Morgan fingerprint density at radius 3 is 2.60 bits per heavy atom. The fraction of sp³-hybridized carbons (Fsp3) is 0.429.